The Balaban J connectivity index is 1.64. The average molecular weight is 328 g/mol. The summed E-state index contributed by atoms with van der Waals surface area (Å²) in [5.41, 5.74) is 2.10. The molecule has 0 radical (unpaired) electrons. The van der Waals surface area contributed by atoms with Crippen LogP contribution in [-0.2, 0) is 18.4 Å². The first-order chi connectivity index (χ1) is 11.4. The Labute approximate surface area is 142 Å². The number of rotatable bonds is 4. The highest BCUT2D eigenvalue weighted by molar-refractivity contribution is 5.31. The van der Waals surface area contributed by atoms with E-state index in [0.29, 0.717) is 19.2 Å². The third kappa shape index (κ3) is 3.45. The molecule has 1 atom stereocenters. The summed E-state index contributed by atoms with van der Waals surface area (Å²) in [5, 5.41) is 0. The molecular weight excluding hydrogens is 304 g/mol. The molecule has 1 aromatic carbocycles. The first-order valence-corrected chi connectivity index (χ1v) is 8.37. The van der Waals surface area contributed by atoms with Gasteiger partial charge in [0.05, 0.1) is 6.54 Å². The number of ether oxygens (including phenoxy) is 2. The lowest BCUT2D eigenvalue weighted by molar-refractivity contribution is 0.143. The van der Waals surface area contributed by atoms with Crippen LogP contribution in [0.5, 0.6) is 11.8 Å². The molecule has 0 amide bonds. The number of benzene rings is 1. The lowest BCUT2D eigenvalue weighted by Gasteiger charge is -2.19. The minimum absolute atomic E-state index is 0.129. The number of aromatic nitrogens is 2. The van der Waals surface area contributed by atoms with Gasteiger partial charge in [-0.3, -0.25) is 9.36 Å². The van der Waals surface area contributed by atoms with Crippen molar-refractivity contribution in [2.24, 2.45) is 0 Å². The van der Waals surface area contributed by atoms with Crippen molar-refractivity contribution in [1.82, 2.24) is 9.55 Å². The van der Waals surface area contributed by atoms with E-state index in [1.54, 1.807) is 6.07 Å². The van der Waals surface area contributed by atoms with Crippen LogP contribution in [0, 0.1) is 0 Å². The largest absolute Gasteiger partial charge is 0.490 e. The van der Waals surface area contributed by atoms with E-state index in [1.807, 2.05) is 23.6 Å². The molecule has 128 valence electrons. The molecule has 2 aromatic rings. The molecule has 0 saturated heterocycles. The molecule has 0 fully saturated rings. The first-order valence-electron chi connectivity index (χ1n) is 8.37. The summed E-state index contributed by atoms with van der Waals surface area (Å²) >= 11 is 0. The average Bonchev–Trinajstić information content (AvgIpc) is 2.94. The maximum Gasteiger partial charge on any atom is 0.300 e. The van der Waals surface area contributed by atoms with Crippen molar-refractivity contribution < 1.29 is 9.47 Å². The van der Waals surface area contributed by atoms with Gasteiger partial charge in [-0.25, -0.2) is 0 Å². The van der Waals surface area contributed by atoms with Crippen molar-refractivity contribution in [3.63, 3.8) is 0 Å². The highest BCUT2D eigenvalue weighted by atomic mass is 16.6. The second-order valence-electron chi connectivity index (χ2n) is 7.16. The molecule has 0 N–H and O–H groups in total. The fourth-order valence-electron chi connectivity index (χ4n) is 2.83. The van der Waals surface area contributed by atoms with Crippen molar-refractivity contribution in [2.75, 3.05) is 6.61 Å². The van der Waals surface area contributed by atoms with Crippen molar-refractivity contribution >= 4 is 0 Å². The van der Waals surface area contributed by atoms with Gasteiger partial charge in [-0.05, 0) is 29.5 Å². The van der Waals surface area contributed by atoms with Gasteiger partial charge in [-0.1, -0.05) is 39.8 Å². The van der Waals surface area contributed by atoms with Gasteiger partial charge in [-0.15, -0.1) is 0 Å². The van der Waals surface area contributed by atoms with Crippen molar-refractivity contribution in [3.05, 3.63) is 51.9 Å². The first kappa shape index (κ1) is 16.6. The summed E-state index contributed by atoms with van der Waals surface area (Å²) < 4.78 is 13.6. The Morgan fingerprint density at radius 1 is 1.29 bits per heavy atom. The molecule has 0 saturated carbocycles. The highest BCUT2D eigenvalue weighted by Crippen LogP contribution is 2.25. The quantitative estimate of drug-likeness (QED) is 0.866. The van der Waals surface area contributed by atoms with Crippen LogP contribution in [0.4, 0.5) is 0 Å². The molecule has 3 rings (SSSR count). The number of nitrogens with zero attached hydrogens (tertiary/aromatic N) is 2. The van der Waals surface area contributed by atoms with E-state index in [0.717, 1.165) is 17.9 Å². The van der Waals surface area contributed by atoms with E-state index >= 15 is 0 Å². The zero-order chi connectivity index (χ0) is 17.3. The van der Waals surface area contributed by atoms with Gasteiger partial charge in [0.15, 0.2) is 6.10 Å². The Morgan fingerprint density at radius 2 is 2.00 bits per heavy atom. The zero-order valence-electron chi connectivity index (χ0n) is 14.7. The number of hydrogen-bond acceptors (Lipinski definition) is 4. The maximum absolute atomic E-state index is 11.6. The Kier molecular flexibility index (Phi) is 4.35. The fraction of sp³-hybridized carbons (Fsp3) is 0.474. The molecule has 0 aliphatic carbocycles. The number of hydrogen-bond donors (Lipinski definition) is 0. The van der Waals surface area contributed by atoms with Crippen LogP contribution in [0.3, 0.4) is 0 Å². The lowest BCUT2D eigenvalue weighted by Crippen LogP contribution is -2.23. The van der Waals surface area contributed by atoms with Gasteiger partial charge >= 0.3 is 0 Å². The van der Waals surface area contributed by atoms with Gasteiger partial charge < -0.3 is 9.47 Å². The Hall–Kier alpha value is -2.30. The fourth-order valence-corrected chi connectivity index (χ4v) is 2.83. The minimum Gasteiger partial charge on any atom is -0.490 e. The SMILES string of the molecule is CCc1cc(=O)nc2n1CC(COc1ccc(C(C)(C)C)cc1)O2. The number of fused-ring (bicyclic) bond motifs is 1. The Morgan fingerprint density at radius 3 is 2.62 bits per heavy atom. The van der Waals surface area contributed by atoms with Crippen LogP contribution in [0.2, 0.25) is 0 Å². The monoisotopic (exact) mass is 328 g/mol. The third-order valence-corrected chi connectivity index (χ3v) is 4.25. The van der Waals surface area contributed by atoms with Crippen LogP contribution < -0.4 is 15.0 Å². The second-order valence-corrected chi connectivity index (χ2v) is 7.16. The van der Waals surface area contributed by atoms with E-state index < -0.39 is 0 Å². The topological polar surface area (TPSA) is 53.4 Å². The van der Waals surface area contributed by atoms with Crippen molar-refractivity contribution in [2.45, 2.75) is 52.2 Å². The van der Waals surface area contributed by atoms with Crippen molar-refractivity contribution in [1.29, 1.82) is 0 Å². The molecule has 1 aromatic heterocycles. The van der Waals surface area contributed by atoms with Gasteiger partial charge in [-0.2, -0.15) is 4.98 Å². The van der Waals surface area contributed by atoms with Crippen LogP contribution in [0.15, 0.2) is 35.1 Å². The Bertz CT molecular complexity index is 773. The molecule has 0 spiro atoms. The molecule has 1 aliphatic rings. The standard InChI is InChI=1S/C19H24N2O3/c1-5-14-10-17(22)20-18-21(14)11-16(24-18)12-23-15-8-6-13(7-9-15)19(2,3)4/h6-10,16H,5,11-12H2,1-4H3. The summed E-state index contributed by atoms with van der Waals surface area (Å²) in [6, 6.07) is 10.1. The second kappa shape index (κ2) is 6.30. The zero-order valence-corrected chi connectivity index (χ0v) is 14.7. The van der Waals surface area contributed by atoms with Crippen LogP contribution in [0.25, 0.3) is 0 Å². The summed E-state index contributed by atoms with van der Waals surface area (Å²) in [6.45, 7) is 9.66. The van der Waals surface area contributed by atoms with Crippen LogP contribution >= 0.6 is 0 Å². The highest BCUT2D eigenvalue weighted by Gasteiger charge is 2.26. The molecule has 5 heteroatoms. The summed E-state index contributed by atoms with van der Waals surface area (Å²) in [7, 11) is 0. The van der Waals surface area contributed by atoms with Crippen molar-refractivity contribution in [3.8, 4) is 11.8 Å². The number of aryl methyl sites for hydroxylation is 1. The van der Waals surface area contributed by atoms with E-state index in [4.69, 9.17) is 9.47 Å². The van der Waals surface area contributed by atoms with Gasteiger partial charge in [0, 0.05) is 11.8 Å². The van der Waals surface area contributed by atoms with Crippen LogP contribution in [-0.4, -0.2) is 22.3 Å². The summed E-state index contributed by atoms with van der Waals surface area (Å²) in [5.74, 6) is 0.820. The normalized spacial score (nSPS) is 16.6. The van der Waals surface area contributed by atoms with E-state index in [1.165, 1.54) is 5.56 Å². The van der Waals surface area contributed by atoms with E-state index in [-0.39, 0.29) is 17.1 Å². The molecular formula is C19H24N2O3. The molecule has 5 nitrogen and oxygen atoms in total. The predicted molar refractivity (Wildman–Crippen MR) is 92.9 cm³/mol. The maximum atomic E-state index is 11.6. The van der Waals surface area contributed by atoms with E-state index in [9.17, 15) is 4.79 Å². The van der Waals surface area contributed by atoms with Crippen LogP contribution in [0.1, 0.15) is 39.0 Å². The molecule has 1 aliphatic heterocycles. The third-order valence-electron chi connectivity index (χ3n) is 4.25. The van der Waals surface area contributed by atoms with Gasteiger partial charge in [0.25, 0.3) is 11.6 Å². The molecule has 0 bridgehead atoms. The van der Waals surface area contributed by atoms with Gasteiger partial charge in [0.2, 0.25) is 0 Å². The minimum atomic E-state index is -0.252. The summed E-state index contributed by atoms with van der Waals surface area (Å²) in [6.07, 6.45) is 0.641. The van der Waals surface area contributed by atoms with E-state index in [2.05, 4.69) is 37.9 Å². The summed E-state index contributed by atoms with van der Waals surface area (Å²) in [4.78, 5) is 15.5. The van der Waals surface area contributed by atoms with Gasteiger partial charge in [0.1, 0.15) is 12.4 Å². The lowest BCUT2D eigenvalue weighted by atomic mass is 9.87. The molecule has 1 unspecified atom stereocenters. The molecule has 24 heavy (non-hydrogen) atoms. The smallest absolute Gasteiger partial charge is 0.300 e. The molecule has 2 heterocycles. The predicted octanol–water partition coefficient (Wildman–Crippen LogP) is 2.94.